The summed E-state index contributed by atoms with van der Waals surface area (Å²) in [5.41, 5.74) is 1.46. The number of nitrogens with zero attached hydrogens (tertiary/aromatic N) is 3. The van der Waals surface area contributed by atoms with E-state index >= 15 is 0 Å². The van der Waals surface area contributed by atoms with E-state index in [1.807, 2.05) is 12.1 Å². The predicted molar refractivity (Wildman–Crippen MR) is 48.9 cm³/mol. The van der Waals surface area contributed by atoms with Gasteiger partial charge in [-0.15, -0.1) is 0 Å². The number of fused-ring (bicyclic) bond motifs is 3. The quantitative estimate of drug-likeness (QED) is 0.627. The van der Waals surface area contributed by atoms with Crippen LogP contribution in [0.25, 0.3) is 11.2 Å². The number of imidazole rings is 1. The minimum atomic E-state index is 0.0706. The van der Waals surface area contributed by atoms with Gasteiger partial charge in [0.25, 0.3) is 0 Å². The number of hydrogen-bond donors (Lipinski definition) is 0. The van der Waals surface area contributed by atoms with Gasteiger partial charge in [0.15, 0.2) is 10.8 Å². The largest absolute Gasteiger partial charge is 0.273 e. The number of hydrogen-bond acceptors (Lipinski definition) is 4. The fourth-order valence-corrected chi connectivity index (χ4v) is 2.27. The minimum absolute atomic E-state index is 0.0706. The van der Waals surface area contributed by atoms with Crippen LogP contribution in [0.5, 0.6) is 0 Å². The van der Waals surface area contributed by atoms with E-state index in [4.69, 9.17) is 0 Å². The molecule has 1 aliphatic heterocycles. The molecule has 3 rings (SSSR count). The summed E-state index contributed by atoms with van der Waals surface area (Å²) >= 11 is 1.46. The number of pyridine rings is 1. The monoisotopic (exact) mass is 191 g/mol. The van der Waals surface area contributed by atoms with Gasteiger partial charge in [-0.2, -0.15) is 0 Å². The summed E-state index contributed by atoms with van der Waals surface area (Å²) in [5.74, 6) is 0.552. The Bertz CT molecular complexity index is 505. The molecule has 0 atom stereocenters. The number of carbonyl (C=O) groups excluding carboxylic acids is 1. The fraction of sp³-hybridized carbons (Fsp3) is 0.125. The van der Waals surface area contributed by atoms with Crippen LogP contribution in [0, 0.1) is 0 Å². The zero-order valence-electron chi connectivity index (χ0n) is 6.60. The highest BCUT2D eigenvalue weighted by molar-refractivity contribution is 8.00. The molecule has 0 fully saturated rings. The van der Waals surface area contributed by atoms with Crippen molar-refractivity contribution in [2.24, 2.45) is 0 Å². The number of rotatable bonds is 0. The summed E-state index contributed by atoms with van der Waals surface area (Å²) in [6, 6.07) is 3.68. The van der Waals surface area contributed by atoms with Gasteiger partial charge in [-0.25, -0.2) is 14.5 Å². The number of thioether (sulfide) groups is 1. The molecule has 64 valence electrons. The molecule has 2 aromatic heterocycles. The maximum absolute atomic E-state index is 11.4. The summed E-state index contributed by atoms with van der Waals surface area (Å²) in [6.45, 7) is 0. The first-order valence-electron chi connectivity index (χ1n) is 3.86. The van der Waals surface area contributed by atoms with Crippen molar-refractivity contribution in [1.82, 2.24) is 14.5 Å². The molecule has 0 radical (unpaired) electrons. The average molecular weight is 191 g/mol. The molecule has 13 heavy (non-hydrogen) atoms. The molecule has 0 bridgehead atoms. The maximum Gasteiger partial charge on any atom is 0.244 e. The van der Waals surface area contributed by atoms with Crippen LogP contribution in [0.1, 0.15) is 4.79 Å². The number of aromatic nitrogens is 3. The molecule has 0 aliphatic carbocycles. The van der Waals surface area contributed by atoms with Gasteiger partial charge in [-0.3, -0.25) is 4.79 Å². The summed E-state index contributed by atoms with van der Waals surface area (Å²) in [4.78, 5) is 19.8. The van der Waals surface area contributed by atoms with Crippen molar-refractivity contribution in [2.75, 3.05) is 5.75 Å². The highest BCUT2D eigenvalue weighted by atomic mass is 32.2. The van der Waals surface area contributed by atoms with Gasteiger partial charge in [0.05, 0.1) is 5.75 Å². The van der Waals surface area contributed by atoms with Crippen LogP contribution < -0.4 is 0 Å². The molecule has 0 N–H and O–H groups in total. The normalized spacial score (nSPS) is 15.2. The van der Waals surface area contributed by atoms with Gasteiger partial charge in [-0.05, 0) is 12.1 Å². The average Bonchev–Trinajstić information content (AvgIpc) is 2.66. The van der Waals surface area contributed by atoms with Gasteiger partial charge < -0.3 is 0 Å². The van der Waals surface area contributed by atoms with Gasteiger partial charge in [0, 0.05) is 6.20 Å². The van der Waals surface area contributed by atoms with Crippen molar-refractivity contribution in [3.05, 3.63) is 18.3 Å². The topological polar surface area (TPSA) is 47.8 Å². The standard InChI is InChI=1S/C8H5N3OS/c12-6-4-13-8-10-5-2-1-3-9-7(5)11(6)8/h1-3H,4H2. The van der Waals surface area contributed by atoms with Crippen molar-refractivity contribution in [3.8, 4) is 0 Å². The maximum atomic E-state index is 11.4. The van der Waals surface area contributed by atoms with Crippen LogP contribution >= 0.6 is 11.8 Å². The van der Waals surface area contributed by atoms with Crippen LogP contribution in [0.3, 0.4) is 0 Å². The second-order valence-corrected chi connectivity index (χ2v) is 3.70. The Morgan fingerprint density at radius 2 is 2.46 bits per heavy atom. The Kier molecular flexibility index (Phi) is 1.26. The smallest absolute Gasteiger partial charge is 0.244 e. The van der Waals surface area contributed by atoms with Crippen LogP contribution in [-0.2, 0) is 0 Å². The van der Waals surface area contributed by atoms with Crippen LogP contribution in [0.4, 0.5) is 0 Å². The SMILES string of the molecule is O=C1CSc2nc3cccnc3n21. The Morgan fingerprint density at radius 1 is 1.54 bits per heavy atom. The van der Waals surface area contributed by atoms with E-state index in [0.29, 0.717) is 11.4 Å². The first kappa shape index (κ1) is 7.08. The van der Waals surface area contributed by atoms with Crippen molar-refractivity contribution in [2.45, 2.75) is 5.16 Å². The van der Waals surface area contributed by atoms with E-state index in [9.17, 15) is 4.79 Å². The van der Waals surface area contributed by atoms with Crippen LogP contribution in [-0.4, -0.2) is 26.2 Å². The third-order valence-corrected chi connectivity index (χ3v) is 2.88. The van der Waals surface area contributed by atoms with E-state index in [1.165, 1.54) is 11.8 Å². The van der Waals surface area contributed by atoms with Crippen LogP contribution in [0.15, 0.2) is 23.5 Å². The Balaban J connectivity index is 2.46. The minimum Gasteiger partial charge on any atom is -0.273 e. The summed E-state index contributed by atoms with van der Waals surface area (Å²) < 4.78 is 1.58. The van der Waals surface area contributed by atoms with E-state index in [1.54, 1.807) is 10.8 Å². The lowest BCUT2D eigenvalue weighted by atomic mass is 10.4. The van der Waals surface area contributed by atoms with Crippen molar-refractivity contribution >= 4 is 28.8 Å². The molecule has 3 heterocycles. The van der Waals surface area contributed by atoms with E-state index < -0.39 is 0 Å². The van der Waals surface area contributed by atoms with Gasteiger partial charge in [0.2, 0.25) is 5.91 Å². The highest BCUT2D eigenvalue weighted by Gasteiger charge is 2.24. The van der Waals surface area contributed by atoms with E-state index in [0.717, 1.165) is 10.7 Å². The summed E-state index contributed by atoms with van der Waals surface area (Å²) in [7, 11) is 0. The zero-order valence-corrected chi connectivity index (χ0v) is 7.41. The van der Waals surface area contributed by atoms with Gasteiger partial charge in [0.1, 0.15) is 5.52 Å². The second-order valence-electron chi connectivity index (χ2n) is 2.76. The molecular formula is C8H5N3OS. The highest BCUT2D eigenvalue weighted by Crippen LogP contribution is 2.28. The lowest BCUT2D eigenvalue weighted by Crippen LogP contribution is -2.06. The first-order valence-corrected chi connectivity index (χ1v) is 4.84. The third kappa shape index (κ3) is 0.846. The fourth-order valence-electron chi connectivity index (χ4n) is 1.40. The molecule has 0 spiro atoms. The van der Waals surface area contributed by atoms with E-state index in [-0.39, 0.29) is 5.91 Å². The van der Waals surface area contributed by atoms with Gasteiger partial charge in [-0.1, -0.05) is 11.8 Å². The molecule has 1 aliphatic rings. The zero-order chi connectivity index (χ0) is 8.84. The molecule has 5 heteroatoms. The molecule has 0 saturated heterocycles. The third-order valence-electron chi connectivity index (χ3n) is 1.96. The first-order chi connectivity index (χ1) is 6.36. The molecule has 4 nitrogen and oxygen atoms in total. The van der Waals surface area contributed by atoms with Gasteiger partial charge >= 0.3 is 0 Å². The molecule has 0 amide bonds. The summed E-state index contributed by atoms with van der Waals surface area (Å²) in [6.07, 6.45) is 1.67. The van der Waals surface area contributed by atoms with Crippen molar-refractivity contribution in [3.63, 3.8) is 0 Å². The Hall–Kier alpha value is -1.36. The molecule has 0 unspecified atom stereocenters. The Morgan fingerprint density at radius 3 is 3.38 bits per heavy atom. The number of carbonyl (C=O) groups is 1. The predicted octanol–water partition coefficient (Wildman–Crippen LogP) is 1.18. The van der Waals surface area contributed by atoms with E-state index in [2.05, 4.69) is 9.97 Å². The molecule has 0 aromatic carbocycles. The van der Waals surface area contributed by atoms with Crippen molar-refractivity contribution < 1.29 is 4.79 Å². The molecular weight excluding hydrogens is 186 g/mol. The van der Waals surface area contributed by atoms with Crippen molar-refractivity contribution in [1.29, 1.82) is 0 Å². The summed E-state index contributed by atoms with van der Waals surface area (Å²) in [5, 5.41) is 0.763. The lowest BCUT2D eigenvalue weighted by molar-refractivity contribution is 0.0944. The molecule has 2 aromatic rings. The second kappa shape index (κ2) is 2.32. The molecule has 0 saturated carbocycles. The van der Waals surface area contributed by atoms with Crippen LogP contribution in [0.2, 0.25) is 0 Å². The lowest BCUT2D eigenvalue weighted by Gasteiger charge is -1.92. The Labute approximate surface area is 78.0 Å².